The van der Waals surface area contributed by atoms with Gasteiger partial charge >= 0.3 is 5.97 Å². The summed E-state index contributed by atoms with van der Waals surface area (Å²) < 4.78 is 0. The van der Waals surface area contributed by atoms with Gasteiger partial charge in [-0.15, -0.1) is 33.3 Å². The highest BCUT2D eigenvalue weighted by Crippen LogP contribution is 2.43. The molecule has 4 heterocycles. The van der Waals surface area contributed by atoms with Gasteiger partial charge in [-0.25, -0.2) is 9.78 Å². The number of thiazole rings is 1. The average Bonchev–Trinajstić information content (AvgIpc) is 3.26. The molecule has 0 radical (unpaired) electrons. The Morgan fingerprint density at radius 1 is 1.43 bits per heavy atom. The maximum Gasteiger partial charge on any atom is 0.353 e. The number of carbonyl (C=O) groups excluding carboxylic acids is 2. The SMILES string of the molecule is Cc1nnc(C2=C(C(=O)O)N3C(=O)C(NC(=O)Cc4csc(N)n4)[C@H]3SC2)s1. The van der Waals surface area contributed by atoms with Crippen molar-refractivity contribution in [3.63, 3.8) is 0 Å². The summed E-state index contributed by atoms with van der Waals surface area (Å²) in [6.45, 7) is 1.78. The van der Waals surface area contributed by atoms with Gasteiger partial charge in [-0.05, 0) is 6.92 Å². The fraction of sp³-hybridized carbons (Fsp3) is 0.333. The van der Waals surface area contributed by atoms with E-state index >= 15 is 0 Å². The number of carboxylic acids is 1. The maximum atomic E-state index is 12.6. The van der Waals surface area contributed by atoms with Crippen LogP contribution in [0, 0.1) is 6.92 Å². The lowest BCUT2D eigenvalue weighted by Gasteiger charge is -2.49. The molecule has 2 aliphatic heterocycles. The summed E-state index contributed by atoms with van der Waals surface area (Å²) in [6, 6.07) is -0.777. The number of aliphatic carboxylic acids is 1. The molecule has 0 aromatic carbocycles. The molecule has 1 unspecified atom stereocenters. The van der Waals surface area contributed by atoms with Gasteiger partial charge in [0.05, 0.1) is 12.1 Å². The number of anilines is 1. The van der Waals surface area contributed by atoms with Gasteiger partial charge in [-0.3, -0.25) is 14.5 Å². The number of aryl methyl sites for hydroxylation is 1. The van der Waals surface area contributed by atoms with Crippen molar-refractivity contribution in [3.05, 3.63) is 26.8 Å². The highest BCUT2D eigenvalue weighted by atomic mass is 32.2. The van der Waals surface area contributed by atoms with E-state index in [0.717, 1.165) is 0 Å². The Kier molecular flexibility index (Phi) is 4.81. The number of nitrogens with two attached hydrogens (primary N) is 1. The second-order valence-electron chi connectivity index (χ2n) is 6.07. The smallest absolute Gasteiger partial charge is 0.353 e. The van der Waals surface area contributed by atoms with E-state index in [9.17, 15) is 19.5 Å². The van der Waals surface area contributed by atoms with Crippen LogP contribution in [0.25, 0.3) is 5.57 Å². The maximum absolute atomic E-state index is 12.6. The molecule has 28 heavy (non-hydrogen) atoms. The van der Waals surface area contributed by atoms with Gasteiger partial charge in [0.15, 0.2) is 5.13 Å². The Morgan fingerprint density at radius 2 is 2.21 bits per heavy atom. The van der Waals surface area contributed by atoms with Gasteiger partial charge in [-0.2, -0.15) is 0 Å². The molecule has 0 aliphatic carbocycles. The van der Waals surface area contributed by atoms with Crippen LogP contribution in [0.5, 0.6) is 0 Å². The first-order valence-electron chi connectivity index (χ1n) is 8.06. The van der Waals surface area contributed by atoms with Gasteiger partial charge in [0.2, 0.25) is 5.91 Å². The zero-order valence-electron chi connectivity index (χ0n) is 14.4. The molecular formula is C15H14N6O4S3. The number of hydrogen-bond donors (Lipinski definition) is 3. The third-order valence-electron chi connectivity index (χ3n) is 4.18. The summed E-state index contributed by atoms with van der Waals surface area (Å²) >= 11 is 3.90. The van der Waals surface area contributed by atoms with Crippen LogP contribution >= 0.6 is 34.4 Å². The monoisotopic (exact) mass is 438 g/mol. The van der Waals surface area contributed by atoms with Crippen molar-refractivity contribution in [2.45, 2.75) is 24.8 Å². The molecule has 4 N–H and O–H groups in total. The summed E-state index contributed by atoms with van der Waals surface area (Å²) in [4.78, 5) is 41.9. The van der Waals surface area contributed by atoms with Crippen molar-refractivity contribution in [3.8, 4) is 0 Å². The van der Waals surface area contributed by atoms with E-state index in [1.165, 1.54) is 39.3 Å². The normalized spacial score (nSPS) is 21.3. The largest absolute Gasteiger partial charge is 0.477 e. The molecule has 4 rings (SSSR count). The van der Waals surface area contributed by atoms with E-state index in [1.807, 2.05) is 0 Å². The van der Waals surface area contributed by atoms with Crippen LogP contribution in [-0.4, -0.2) is 60.1 Å². The third-order valence-corrected chi connectivity index (χ3v) is 7.08. The number of carbonyl (C=O) groups is 3. The first-order valence-corrected chi connectivity index (χ1v) is 10.8. The number of aromatic nitrogens is 3. The number of rotatable bonds is 5. The van der Waals surface area contributed by atoms with Crippen molar-refractivity contribution in [2.24, 2.45) is 0 Å². The lowest BCUT2D eigenvalue weighted by atomic mass is 10.0. The van der Waals surface area contributed by atoms with E-state index in [4.69, 9.17) is 5.73 Å². The number of nitrogens with one attached hydrogen (secondary N) is 1. The highest BCUT2D eigenvalue weighted by molar-refractivity contribution is 8.00. The second-order valence-corrected chi connectivity index (χ2v) is 9.24. The number of hydrogen-bond acceptors (Lipinski definition) is 10. The van der Waals surface area contributed by atoms with Crippen molar-refractivity contribution in [2.75, 3.05) is 11.5 Å². The standard InChI is InChI=1S/C15H14N6O4S3/c1-5-19-20-11(28-5)7-4-26-13-9(12(23)21(13)10(7)14(24)25)18-8(22)2-6-3-27-15(16)17-6/h3,9,13H,2,4H2,1H3,(H2,16,17)(H,18,22)(H,24,25)/t9?,13-/m1/s1. The number of amides is 2. The topological polar surface area (TPSA) is 151 Å². The predicted octanol–water partition coefficient (Wildman–Crippen LogP) is 0.324. The Bertz CT molecular complexity index is 1020. The van der Waals surface area contributed by atoms with Crippen molar-refractivity contribution in [1.29, 1.82) is 0 Å². The Labute approximate surface area is 170 Å². The molecule has 2 amide bonds. The Morgan fingerprint density at radius 3 is 2.82 bits per heavy atom. The average molecular weight is 439 g/mol. The summed E-state index contributed by atoms with van der Waals surface area (Å²) in [5, 5.41) is 23.0. The molecule has 13 heteroatoms. The van der Waals surface area contributed by atoms with Gasteiger partial charge < -0.3 is 16.2 Å². The summed E-state index contributed by atoms with van der Waals surface area (Å²) in [5.41, 5.74) is 6.45. The van der Waals surface area contributed by atoms with Crippen LogP contribution in [0.2, 0.25) is 0 Å². The summed E-state index contributed by atoms with van der Waals surface area (Å²) in [6.07, 6.45) is 0.00576. The fourth-order valence-electron chi connectivity index (χ4n) is 2.99. The lowest BCUT2D eigenvalue weighted by Crippen LogP contribution is -2.70. The van der Waals surface area contributed by atoms with E-state index in [1.54, 1.807) is 12.3 Å². The zero-order valence-corrected chi connectivity index (χ0v) is 16.9. The van der Waals surface area contributed by atoms with Crippen molar-refractivity contribution < 1.29 is 19.5 Å². The Balaban J connectivity index is 1.52. The zero-order chi connectivity index (χ0) is 20.0. The van der Waals surface area contributed by atoms with Gasteiger partial charge in [0, 0.05) is 16.7 Å². The van der Waals surface area contributed by atoms with Crippen LogP contribution in [0.1, 0.15) is 15.7 Å². The minimum atomic E-state index is -1.20. The minimum Gasteiger partial charge on any atom is -0.477 e. The quantitative estimate of drug-likeness (QED) is 0.561. The highest BCUT2D eigenvalue weighted by Gasteiger charge is 2.54. The number of thioether (sulfide) groups is 1. The third kappa shape index (κ3) is 3.25. The number of β-lactam (4-membered cyclic amide) rings is 1. The van der Waals surface area contributed by atoms with E-state index in [0.29, 0.717) is 32.2 Å². The number of fused-ring (bicyclic) bond motifs is 1. The number of nitrogen functional groups attached to an aromatic ring is 1. The number of carboxylic acid groups (broad SMARTS) is 1. The molecule has 1 saturated heterocycles. The van der Waals surface area contributed by atoms with E-state index in [-0.39, 0.29) is 18.0 Å². The lowest BCUT2D eigenvalue weighted by molar-refractivity contribution is -0.150. The van der Waals surface area contributed by atoms with E-state index < -0.39 is 23.3 Å². The fourth-order valence-corrected chi connectivity index (χ4v) is 5.73. The van der Waals surface area contributed by atoms with Crippen LogP contribution in [0.3, 0.4) is 0 Å². The van der Waals surface area contributed by atoms with Crippen LogP contribution in [0.15, 0.2) is 11.1 Å². The summed E-state index contributed by atoms with van der Waals surface area (Å²) in [7, 11) is 0. The first-order chi connectivity index (χ1) is 13.3. The molecule has 10 nitrogen and oxygen atoms in total. The molecule has 146 valence electrons. The first kappa shape index (κ1) is 18.8. The van der Waals surface area contributed by atoms with E-state index in [2.05, 4.69) is 20.5 Å². The van der Waals surface area contributed by atoms with Crippen LogP contribution in [0.4, 0.5) is 5.13 Å². The predicted molar refractivity (Wildman–Crippen MR) is 104 cm³/mol. The molecule has 0 spiro atoms. The minimum absolute atomic E-state index is 0.00576. The van der Waals surface area contributed by atoms with Gasteiger partial charge in [-0.1, -0.05) is 11.3 Å². The molecule has 2 aromatic rings. The molecule has 0 saturated carbocycles. The van der Waals surface area contributed by atoms with Crippen LogP contribution < -0.4 is 11.1 Å². The van der Waals surface area contributed by atoms with Gasteiger partial charge in [0.1, 0.15) is 27.1 Å². The molecule has 1 fully saturated rings. The number of nitrogens with zero attached hydrogens (tertiary/aromatic N) is 4. The van der Waals surface area contributed by atoms with Gasteiger partial charge in [0.25, 0.3) is 5.91 Å². The van der Waals surface area contributed by atoms with Crippen LogP contribution in [-0.2, 0) is 20.8 Å². The molecule has 0 bridgehead atoms. The second kappa shape index (κ2) is 7.14. The Hall–Kier alpha value is -2.51. The van der Waals surface area contributed by atoms with Crippen molar-refractivity contribution >= 4 is 62.9 Å². The van der Waals surface area contributed by atoms with Crippen molar-refractivity contribution in [1.82, 2.24) is 25.4 Å². The molecule has 2 aliphatic rings. The molecule has 2 aromatic heterocycles. The molecule has 2 atom stereocenters. The molecular weight excluding hydrogens is 424 g/mol. The summed E-state index contributed by atoms with van der Waals surface area (Å²) in [5.74, 6) is -1.67.